The highest BCUT2D eigenvalue weighted by atomic mass is 19.4. The highest BCUT2D eigenvalue weighted by Crippen LogP contribution is 2.41. The van der Waals surface area contributed by atoms with E-state index in [1.807, 2.05) is 6.08 Å². The molecule has 0 spiro atoms. The predicted molar refractivity (Wildman–Crippen MR) is 101 cm³/mol. The van der Waals surface area contributed by atoms with Gasteiger partial charge in [0.05, 0.1) is 6.61 Å². The van der Waals surface area contributed by atoms with Crippen LogP contribution in [0.5, 0.6) is 0 Å². The topological polar surface area (TPSA) is 49.4 Å². The van der Waals surface area contributed by atoms with Crippen molar-refractivity contribution in [3.05, 3.63) is 12.7 Å². The third kappa shape index (κ3) is 10.7. The largest absolute Gasteiger partial charge is 0.828 e. The molecule has 0 saturated heterocycles. The Morgan fingerprint density at radius 2 is 1.03 bits per heavy atom. The molecule has 0 amide bonds. The first-order chi connectivity index (χ1) is 14.0. The molecule has 9 heteroatoms. The maximum atomic E-state index is 12.4. The standard InChI is InChI=1S/C21H33F6O3/c1-2-3-4-5-6-7-8-9-10-11-12-13-14-15-16-17-30-18(28)19(29,20(22,23)24)21(25,26)27/h2H,1,3-17H2/q-1. The van der Waals surface area contributed by atoms with E-state index in [0.29, 0.717) is 6.42 Å². The number of halogens is 6. The van der Waals surface area contributed by atoms with E-state index in [0.717, 1.165) is 38.5 Å². The molecule has 0 atom stereocenters. The van der Waals surface area contributed by atoms with Gasteiger partial charge in [0.25, 0.3) is 0 Å². The summed E-state index contributed by atoms with van der Waals surface area (Å²) in [7, 11) is 0. The van der Waals surface area contributed by atoms with Crippen molar-refractivity contribution in [1.29, 1.82) is 0 Å². The minimum Gasteiger partial charge on any atom is -0.828 e. The number of unbranched alkanes of at least 4 members (excludes halogenated alkanes) is 13. The zero-order valence-electron chi connectivity index (χ0n) is 17.4. The lowest BCUT2D eigenvalue weighted by Crippen LogP contribution is -2.71. The van der Waals surface area contributed by atoms with E-state index in [-0.39, 0.29) is 6.42 Å². The van der Waals surface area contributed by atoms with Crippen molar-refractivity contribution in [3.8, 4) is 0 Å². The number of carbonyl (C=O) groups excluding carboxylic acids is 1. The Kier molecular flexibility index (Phi) is 14.1. The van der Waals surface area contributed by atoms with Gasteiger partial charge in [-0.05, 0) is 19.3 Å². The van der Waals surface area contributed by atoms with Crippen LogP contribution in [0.25, 0.3) is 0 Å². The van der Waals surface area contributed by atoms with Gasteiger partial charge in [0.2, 0.25) is 0 Å². The molecule has 0 aromatic carbocycles. The fraction of sp³-hybridized carbons (Fsp3) is 0.857. The summed E-state index contributed by atoms with van der Waals surface area (Å²) < 4.78 is 78.5. The molecule has 0 aliphatic carbocycles. The molecule has 3 nitrogen and oxygen atoms in total. The van der Waals surface area contributed by atoms with Gasteiger partial charge >= 0.3 is 18.3 Å². The van der Waals surface area contributed by atoms with Crippen LogP contribution in [0.15, 0.2) is 12.7 Å². The Morgan fingerprint density at radius 3 is 1.37 bits per heavy atom. The average molecular weight is 447 g/mol. The van der Waals surface area contributed by atoms with E-state index in [1.54, 1.807) is 0 Å². The van der Waals surface area contributed by atoms with Crippen molar-refractivity contribution in [3.63, 3.8) is 0 Å². The second kappa shape index (κ2) is 14.7. The smallest absolute Gasteiger partial charge is 0.399 e. The summed E-state index contributed by atoms with van der Waals surface area (Å²) in [4.78, 5) is 11.1. The van der Waals surface area contributed by atoms with E-state index in [9.17, 15) is 36.2 Å². The van der Waals surface area contributed by atoms with Crippen LogP contribution in [-0.4, -0.2) is 30.5 Å². The summed E-state index contributed by atoms with van der Waals surface area (Å²) in [5.41, 5.74) is -5.74. The minimum absolute atomic E-state index is 0.114. The number of alkyl halides is 6. The van der Waals surface area contributed by atoms with E-state index in [1.165, 1.54) is 38.5 Å². The maximum absolute atomic E-state index is 12.4. The molecule has 0 aromatic heterocycles. The summed E-state index contributed by atoms with van der Waals surface area (Å²) in [5, 5.41) is 11.1. The van der Waals surface area contributed by atoms with Crippen LogP contribution in [0.4, 0.5) is 26.3 Å². The molecule has 0 fully saturated rings. The average Bonchev–Trinajstić information content (AvgIpc) is 2.65. The molecule has 0 aliphatic heterocycles. The molecule has 0 rings (SSSR count). The van der Waals surface area contributed by atoms with Crippen molar-refractivity contribution >= 4 is 5.97 Å². The van der Waals surface area contributed by atoms with E-state index in [4.69, 9.17) is 0 Å². The second-order valence-electron chi connectivity index (χ2n) is 7.49. The van der Waals surface area contributed by atoms with E-state index in [2.05, 4.69) is 11.3 Å². The van der Waals surface area contributed by atoms with Gasteiger partial charge in [0.15, 0.2) is 5.60 Å². The Morgan fingerprint density at radius 1 is 0.700 bits per heavy atom. The molecule has 0 aliphatic rings. The Labute approximate surface area is 174 Å². The van der Waals surface area contributed by atoms with Gasteiger partial charge in [0, 0.05) is 0 Å². The molecule has 178 valence electrons. The molecule has 0 bridgehead atoms. The monoisotopic (exact) mass is 447 g/mol. The van der Waals surface area contributed by atoms with Crippen molar-refractivity contribution in [2.24, 2.45) is 0 Å². The summed E-state index contributed by atoms with van der Waals surface area (Å²) >= 11 is 0. The van der Waals surface area contributed by atoms with E-state index < -0.39 is 30.5 Å². The van der Waals surface area contributed by atoms with Crippen LogP contribution < -0.4 is 5.11 Å². The molecule has 0 heterocycles. The van der Waals surface area contributed by atoms with Crippen LogP contribution in [0, 0.1) is 0 Å². The van der Waals surface area contributed by atoms with Crippen molar-refractivity contribution in [1.82, 2.24) is 0 Å². The van der Waals surface area contributed by atoms with E-state index >= 15 is 0 Å². The zero-order valence-corrected chi connectivity index (χ0v) is 17.4. The van der Waals surface area contributed by atoms with Gasteiger partial charge in [-0.2, -0.15) is 26.3 Å². The third-order valence-corrected chi connectivity index (χ3v) is 4.87. The summed E-state index contributed by atoms with van der Waals surface area (Å²) in [5.74, 6) is -2.84. The quantitative estimate of drug-likeness (QED) is 0.112. The Hall–Kier alpha value is -1.25. The number of hydrogen-bond donors (Lipinski definition) is 0. The third-order valence-electron chi connectivity index (χ3n) is 4.87. The predicted octanol–water partition coefficient (Wildman–Crippen LogP) is 6.40. The van der Waals surface area contributed by atoms with Gasteiger partial charge in [-0.15, -0.1) is 6.58 Å². The van der Waals surface area contributed by atoms with Crippen molar-refractivity contribution in [2.45, 2.75) is 108 Å². The van der Waals surface area contributed by atoms with Crippen LogP contribution in [-0.2, 0) is 9.53 Å². The fourth-order valence-electron chi connectivity index (χ4n) is 2.99. The molecule has 0 saturated carbocycles. The molecular weight excluding hydrogens is 414 g/mol. The zero-order chi connectivity index (χ0) is 23.1. The summed E-state index contributed by atoms with van der Waals surface area (Å²) in [6.07, 6.45) is 3.20. The lowest BCUT2D eigenvalue weighted by molar-refractivity contribution is -0.574. The highest BCUT2D eigenvalue weighted by molar-refractivity contribution is 5.81. The van der Waals surface area contributed by atoms with Gasteiger partial charge in [0.1, 0.15) is 0 Å². The van der Waals surface area contributed by atoms with Crippen molar-refractivity contribution < 1.29 is 41.0 Å². The second-order valence-corrected chi connectivity index (χ2v) is 7.49. The number of allylic oxidation sites excluding steroid dienone is 1. The molecule has 0 aromatic rings. The van der Waals surface area contributed by atoms with Gasteiger partial charge in [-0.1, -0.05) is 76.7 Å². The summed E-state index contributed by atoms with van der Waals surface area (Å²) in [6.45, 7) is 3.05. The normalized spacial score (nSPS) is 12.8. The van der Waals surface area contributed by atoms with Crippen LogP contribution in [0.1, 0.15) is 89.9 Å². The number of rotatable bonds is 17. The molecule has 0 N–H and O–H groups in total. The first-order valence-electron chi connectivity index (χ1n) is 10.6. The Balaban J connectivity index is 3.70. The van der Waals surface area contributed by atoms with Crippen LogP contribution in [0.3, 0.4) is 0 Å². The first kappa shape index (κ1) is 28.8. The molecule has 0 radical (unpaired) electrons. The number of hydrogen-bond acceptors (Lipinski definition) is 3. The minimum atomic E-state index is -6.31. The number of esters is 1. The van der Waals surface area contributed by atoms with Gasteiger partial charge in [-0.25, -0.2) is 0 Å². The lowest BCUT2D eigenvalue weighted by atomic mass is 10.0. The lowest BCUT2D eigenvalue weighted by Gasteiger charge is -2.40. The molecule has 0 unspecified atom stereocenters. The van der Waals surface area contributed by atoms with Gasteiger partial charge in [-0.3, -0.25) is 4.79 Å². The molecular formula is C21H33F6O3-. The first-order valence-corrected chi connectivity index (χ1v) is 10.6. The number of carbonyl (C=O) groups is 1. The highest BCUT2D eigenvalue weighted by Gasteiger charge is 2.68. The maximum Gasteiger partial charge on any atom is 0.399 e. The van der Waals surface area contributed by atoms with Crippen molar-refractivity contribution in [2.75, 3.05) is 6.61 Å². The van der Waals surface area contributed by atoms with Gasteiger partial charge < -0.3 is 9.84 Å². The van der Waals surface area contributed by atoms with Crippen LogP contribution in [0.2, 0.25) is 0 Å². The Bertz CT molecular complexity index is 460. The molecule has 30 heavy (non-hydrogen) atoms. The summed E-state index contributed by atoms with van der Waals surface area (Å²) in [6, 6.07) is 0. The number of ether oxygens (including phenoxy) is 1. The fourth-order valence-corrected chi connectivity index (χ4v) is 2.99. The SMILES string of the molecule is C=CCCCCCCCCCCCCCCCOC(=O)C([O-])(C(F)(F)F)C(F)(F)F. The van der Waals surface area contributed by atoms with Crippen LogP contribution >= 0.6 is 0 Å².